The molecular weight excluding hydrogens is 314 g/mol. The lowest BCUT2D eigenvalue weighted by Gasteiger charge is -2.27. The smallest absolute Gasteiger partial charge is 0.223 e. The van der Waals surface area contributed by atoms with Gasteiger partial charge in [0.05, 0.1) is 0 Å². The average Bonchev–Trinajstić information content (AvgIpc) is 2.42. The summed E-state index contributed by atoms with van der Waals surface area (Å²) in [6, 6.07) is 3.85. The highest BCUT2D eigenvalue weighted by atomic mass is 79.9. The van der Waals surface area contributed by atoms with Crippen molar-refractivity contribution >= 4 is 33.6 Å². The van der Waals surface area contributed by atoms with Gasteiger partial charge in [-0.3, -0.25) is 4.79 Å². The zero-order valence-electron chi connectivity index (χ0n) is 10.1. The van der Waals surface area contributed by atoms with Crippen LogP contribution in [-0.2, 0) is 4.79 Å². The van der Waals surface area contributed by atoms with Crippen molar-refractivity contribution in [2.75, 3.05) is 31.9 Å². The molecule has 2 rings (SSSR count). The van der Waals surface area contributed by atoms with Gasteiger partial charge in [-0.05, 0) is 28.1 Å². The van der Waals surface area contributed by atoms with Gasteiger partial charge in [-0.2, -0.15) is 0 Å². The molecule has 1 aliphatic heterocycles. The van der Waals surface area contributed by atoms with Gasteiger partial charge in [0.2, 0.25) is 5.91 Å². The van der Waals surface area contributed by atoms with E-state index in [0.29, 0.717) is 6.42 Å². The highest BCUT2D eigenvalue weighted by molar-refractivity contribution is 9.10. The maximum absolute atomic E-state index is 11.9. The molecule has 1 aliphatic rings. The fourth-order valence-corrected chi connectivity index (χ4v) is 3.19. The van der Waals surface area contributed by atoms with Crippen molar-refractivity contribution in [3.8, 4) is 0 Å². The molecule has 18 heavy (non-hydrogen) atoms. The van der Waals surface area contributed by atoms with Crippen LogP contribution in [-0.4, -0.2) is 47.7 Å². The molecule has 1 aromatic rings. The Bertz CT molecular complexity index is 410. The van der Waals surface area contributed by atoms with Crippen molar-refractivity contribution in [2.24, 2.45) is 0 Å². The van der Waals surface area contributed by atoms with E-state index in [9.17, 15) is 4.79 Å². The van der Waals surface area contributed by atoms with Crippen LogP contribution in [0.25, 0.3) is 0 Å². The quantitative estimate of drug-likeness (QED) is 0.855. The van der Waals surface area contributed by atoms with E-state index in [2.05, 4.69) is 26.2 Å². The van der Waals surface area contributed by atoms with Crippen molar-refractivity contribution in [3.63, 3.8) is 0 Å². The van der Waals surface area contributed by atoms with Gasteiger partial charge in [0, 0.05) is 49.0 Å². The predicted octanol–water partition coefficient (Wildman–Crippen LogP) is 1.76. The fourth-order valence-electron chi connectivity index (χ4n) is 1.78. The first-order valence-electron chi connectivity index (χ1n) is 5.99. The normalized spacial score (nSPS) is 15.7. The van der Waals surface area contributed by atoms with Crippen molar-refractivity contribution in [1.82, 2.24) is 15.2 Å². The average molecular weight is 330 g/mol. The van der Waals surface area contributed by atoms with E-state index in [0.717, 1.165) is 41.4 Å². The number of pyridine rings is 1. The van der Waals surface area contributed by atoms with Crippen molar-refractivity contribution in [1.29, 1.82) is 0 Å². The lowest BCUT2D eigenvalue weighted by Crippen LogP contribution is -2.46. The summed E-state index contributed by atoms with van der Waals surface area (Å²) in [5, 5.41) is 4.19. The molecule has 1 N–H and O–H groups in total. The van der Waals surface area contributed by atoms with Crippen molar-refractivity contribution < 1.29 is 4.79 Å². The number of carbonyl (C=O) groups is 1. The molecule has 0 saturated carbocycles. The number of aromatic nitrogens is 1. The number of thioether (sulfide) groups is 1. The lowest BCUT2D eigenvalue weighted by molar-refractivity contribution is -0.131. The molecule has 0 bridgehead atoms. The van der Waals surface area contributed by atoms with Gasteiger partial charge in [-0.15, -0.1) is 11.8 Å². The Morgan fingerprint density at radius 2 is 2.28 bits per heavy atom. The molecule has 1 amide bonds. The van der Waals surface area contributed by atoms with Gasteiger partial charge in [-0.25, -0.2) is 4.98 Å². The van der Waals surface area contributed by atoms with Crippen LogP contribution in [0.3, 0.4) is 0 Å². The molecule has 0 unspecified atom stereocenters. The summed E-state index contributed by atoms with van der Waals surface area (Å²) in [5.41, 5.74) is 0. The molecule has 0 aliphatic carbocycles. The maximum Gasteiger partial charge on any atom is 0.223 e. The number of nitrogens with zero attached hydrogens (tertiary/aromatic N) is 2. The molecule has 1 aromatic heterocycles. The van der Waals surface area contributed by atoms with Gasteiger partial charge in [0.15, 0.2) is 0 Å². The highest BCUT2D eigenvalue weighted by Crippen LogP contribution is 2.25. The number of hydrogen-bond donors (Lipinski definition) is 1. The minimum absolute atomic E-state index is 0.246. The Labute approximate surface area is 120 Å². The number of nitrogens with one attached hydrogen (secondary N) is 1. The van der Waals surface area contributed by atoms with E-state index in [4.69, 9.17) is 0 Å². The summed E-state index contributed by atoms with van der Waals surface area (Å²) < 4.78 is 0.990. The molecule has 0 spiro atoms. The summed E-state index contributed by atoms with van der Waals surface area (Å²) in [7, 11) is 0. The van der Waals surface area contributed by atoms with Crippen LogP contribution < -0.4 is 5.32 Å². The molecule has 6 heteroatoms. The van der Waals surface area contributed by atoms with Gasteiger partial charge < -0.3 is 10.2 Å². The molecule has 0 radical (unpaired) electrons. The number of halogens is 1. The molecule has 98 valence electrons. The maximum atomic E-state index is 11.9. The first-order valence-corrected chi connectivity index (χ1v) is 7.77. The summed E-state index contributed by atoms with van der Waals surface area (Å²) in [4.78, 5) is 18.1. The molecule has 0 atom stereocenters. The molecule has 1 fully saturated rings. The SMILES string of the molecule is O=C(CCSc1ncccc1Br)N1CCNCC1. The molecular formula is C12H16BrN3OS. The van der Waals surface area contributed by atoms with Crippen LogP contribution in [0, 0.1) is 0 Å². The first-order chi connectivity index (χ1) is 8.77. The van der Waals surface area contributed by atoms with Crippen LogP contribution in [0.5, 0.6) is 0 Å². The predicted molar refractivity (Wildman–Crippen MR) is 76.7 cm³/mol. The summed E-state index contributed by atoms with van der Waals surface area (Å²) >= 11 is 5.07. The Balaban J connectivity index is 1.75. The van der Waals surface area contributed by atoms with E-state index in [1.807, 2.05) is 17.0 Å². The Morgan fingerprint density at radius 3 is 3.00 bits per heavy atom. The second kappa shape index (κ2) is 7.11. The standard InChI is InChI=1S/C12H16BrN3OS/c13-10-2-1-4-15-12(10)18-9-3-11(17)16-7-5-14-6-8-16/h1-2,4,14H,3,5-9H2. The summed E-state index contributed by atoms with van der Waals surface area (Å²) in [5.74, 6) is 1.02. The number of rotatable bonds is 4. The van der Waals surface area contributed by atoms with E-state index in [1.54, 1.807) is 18.0 Å². The van der Waals surface area contributed by atoms with Crippen molar-refractivity contribution in [3.05, 3.63) is 22.8 Å². The minimum atomic E-state index is 0.246. The largest absolute Gasteiger partial charge is 0.340 e. The molecule has 1 saturated heterocycles. The van der Waals surface area contributed by atoms with Crippen LogP contribution in [0.1, 0.15) is 6.42 Å². The van der Waals surface area contributed by atoms with Crippen LogP contribution >= 0.6 is 27.7 Å². The molecule has 2 heterocycles. The van der Waals surface area contributed by atoms with Gasteiger partial charge in [0.1, 0.15) is 5.03 Å². The van der Waals surface area contributed by atoms with Gasteiger partial charge in [0.25, 0.3) is 0 Å². The van der Waals surface area contributed by atoms with Crippen molar-refractivity contribution in [2.45, 2.75) is 11.4 Å². The monoisotopic (exact) mass is 329 g/mol. The number of amides is 1. The van der Waals surface area contributed by atoms with Gasteiger partial charge in [-0.1, -0.05) is 0 Å². The van der Waals surface area contributed by atoms with E-state index in [-0.39, 0.29) is 5.91 Å². The second-order valence-electron chi connectivity index (χ2n) is 4.02. The van der Waals surface area contributed by atoms with Crippen LogP contribution in [0.15, 0.2) is 27.8 Å². The Kier molecular flexibility index (Phi) is 5.46. The lowest BCUT2D eigenvalue weighted by atomic mass is 10.3. The zero-order chi connectivity index (χ0) is 12.8. The van der Waals surface area contributed by atoms with Gasteiger partial charge >= 0.3 is 0 Å². The van der Waals surface area contributed by atoms with E-state index < -0.39 is 0 Å². The molecule has 4 nitrogen and oxygen atoms in total. The number of hydrogen-bond acceptors (Lipinski definition) is 4. The molecule has 0 aromatic carbocycles. The third-order valence-electron chi connectivity index (χ3n) is 2.75. The van der Waals surface area contributed by atoms with Crippen LogP contribution in [0.4, 0.5) is 0 Å². The highest BCUT2D eigenvalue weighted by Gasteiger charge is 2.15. The third-order valence-corrected chi connectivity index (χ3v) is 4.66. The second-order valence-corrected chi connectivity index (χ2v) is 5.96. The Morgan fingerprint density at radius 1 is 1.50 bits per heavy atom. The van der Waals surface area contributed by atoms with Crippen LogP contribution in [0.2, 0.25) is 0 Å². The zero-order valence-corrected chi connectivity index (χ0v) is 12.5. The fraction of sp³-hybridized carbons (Fsp3) is 0.500. The minimum Gasteiger partial charge on any atom is -0.340 e. The Hall–Kier alpha value is -0.590. The van der Waals surface area contributed by atoms with E-state index in [1.165, 1.54) is 0 Å². The summed E-state index contributed by atoms with van der Waals surface area (Å²) in [6.45, 7) is 3.48. The third kappa shape index (κ3) is 3.96. The van der Waals surface area contributed by atoms with E-state index >= 15 is 0 Å². The summed E-state index contributed by atoms with van der Waals surface area (Å²) in [6.07, 6.45) is 2.35. The number of carbonyl (C=O) groups excluding carboxylic acids is 1. The topological polar surface area (TPSA) is 45.2 Å². The number of piperazine rings is 1. The first kappa shape index (κ1) is 13.8.